The van der Waals surface area contributed by atoms with E-state index in [0.29, 0.717) is 12.4 Å². The van der Waals surface area contributed by atoms with E-state index >= 15 is 0 Å². The Bertz CT molecular complexity index is 922. The van der Waals surface area contributed by atoms with Gasteiger partial charge in [0.15, 0.2) is 0 Å². The monoisotopic (exact) mass is 330 g/mol. The van der Waals surface area contributed by atoms with Crippen LogP contribution in [0, 0.1) is 0 Å². The lowest BCUT2D eigenvalue weighted by Crippen LogP contribution is -2.32. The number of pyridine rings is 1. The Balaban J connectivity index is 1.78. The molecule has 4 nitrogen and oxygen atoms in total. The van der Waals surface area contributed by atoms with Crippen molar-refractivity contribution < 1.29 is 9.90 Å². The first-order valence-corrected chi connectivity index (χ1v) is 8.34. The molecule has 0 fully saturated rings. The Morgan fingerprint density at radius 3 is 2.48 bits per heavy atom. The van der Waals surface area contributed by atoms with Gasteiger partial charge in [-0.15, -0.1) is 0 Å². The number of hydrogen-bond acceptors (Lipinski definition) is 2. The molecule has 0 saturated heterocycles. The van der Waals surface area contributed by atoms with Crippen molar-refractivity contribution in [1.82, 2.24) is 4.98 Å². The zero-order chi connectivity index (χ0) is 17.2. The Kier molecular flexibility index (Phi) is 3.94. The highest BCUT2D eigenvalue weighted by Crippen LogP contribution is 2.29. The number of benzene rings is 2. The van der Waals surface area contributed by atoms with Crippen LogP contribution < -0.4 is 4.90 Å². The van der Waals surface area contributed by atoms with Gasteiger partial charge in [-0.25, -0.2) is 9.78 Å². The zero-order valence-corrected chi connectivity index (χ0v) is 13.7. The second-order valence-electron chi connectivity index (χ2n) is 6.20. The minimum absolute atomic E-state index is 0.315. The Morgan fingerprint density at radius 1 is 0.880 bits per heavy atom. The summed E-state index contributed by atoms with van der Waals surface area (Å²) in [6.07, 6.45) is 2.34. The van der Waals surface area contributed by atoms with Crippen LogP contribution in [0.1, 0.15) is 16.7 Å². The van der Waals surface area contributed by atoms with Crippen LogP contribution >= 0.6 is 0 Å². The lowest BCUT2D eigenvalue weighted by molar-refractivity contribution is 0.201. The van der Waals surface area contributed by atoms with Gasteiger partial charge in [-0.1, -0.05) is 48.5 Å². The molecule has 0 spiro atoms. The Labute approximate surface area is 146 Å². The highest BCUT2D eigenvalue weighted by atomic mass is 16.4. The molecule has 0 bridgehead atoms. The van der Waals surface area contributed by atoms with Crippen molar-refractivity contribution >= 4 is 11.9 Å². The van der Waals surface area contributed by atoms with Crippen LogP contribution in [-0.2, 0) is 19.4 Å². The first-order valence-electron chi connectivity index (χ1n) is 8.34. The number of rotatable bonds is 1. The van der Waals surface area contributed by atoms with Crippen molar-refractivity contribution in [2.45, 2.75) is 19.4 Å². The van der Waals surface area contributed by atoms with E-state index < -0.39 is 6.09 Å². The van der Waals surface area contributed by atoms with Crippen molar-refractivity contribution in [2.24, 2.45) is 0 Å². The summed E-state index contributed by atoms with van der Waals surface area (Å²) < 4.78 is 0. The van der Waals surface area contributed by atoms with E-state index in [1.165, 1.54) is 10.5 Å². The molecule has 0 atom stereocenters. The van der Waals surface area contributed by atoms with Crippen LogP contribution in [-0.4, -0.2) is 16.2 Å². The molecule has 1 amide bonds. The van der Waals surface area contributed by atoms with Crippen molar-refractivity contribution in [2.75, 3.05) is 4.90 Å². The average Bonchev–Trinajstić information content (AvgIpc) is 2.64. The topological polar surface area (TPSA) is 53.4 Å². The maximum atomic E-state index is 11.8. The number of carboxylic acid groups (broad SMARTS) is 1. The van der Waals surface area contributed by atoms with Gasteiger partial charge in [0.1, 0.15) is 5.82 Å². The molecule has 1 aliphatic heterocycles. The molecule has 0 radical (unpaired) electrons. The maximum absolute atomic E-state index is 11.8. The third-order valence-corrected chi connectivity index (χ3v) is 4.66. The van der Waals surface area contributed by atoms with Crippen molar-refractivity contribution in [3.63, 3.8) is 0 Å². The molecule has 1 aromatic heterocycles. The van der Waals surface area contributed by atoms with Crippen LogP contribution in [0.3, 0.4) is 0 Å². The van der Waals surface area contributed by atoms with Gasteiger partial charge in [-0.3, -0.25) is 4.90 Å². The van der Waals surface area contributed by atoms with Crippen LogP contribution in [0.5, 0.6) is 0 Å². The van der Waals surface area contributed by atoms with Gasteiger partial charge >= 0.3 is 6.09 Å². The molecule has 2 heterocycles. The van der Waals surface area contributed by atoms with Gasteiger partial charge in [0.25, 0.3) is 0 Å². The van der Waals surface area contributed by atoms with E-state index in [0.717, 1.165) is 35.1 Å². The maximum Gasteiger partial charge on any atom is 0.413 e. The van der Waals surface area contributed by atoms with Crippen LogP contribution in [0.15, 0.2) is 66.9 Å². The van der Waals surface area contributed by atoms with Gasteiger partial charge in [0, 0.05) is 6.20 Å². The highest BCUT2D eigenvalue weighted by molar-refractivity contribution is 5.86. The molecule has 0 aliphatic carbocycles. The first-order chi connectivity index (χ1) is 12.2. The quantitative estimate of drug-likeness (QED) is 0.713. The molecule has 0 saturated carbocycles. The molecule has 1 aliphatic rings. The number of carbonyl (C=O) groups is 1. The minimum atomic E-state index is -0.974. The summed E-state index contributed by atoms with van der Waals surface area (Å²) in [5, 5.41) is 9.70. The summed E-state index contributed by atoms with van der Waals surface area (Å²) in [7, 11) is 0. The normalized spacial score (nSPS) is 13.4. The number of amides is 1. The number of fused-ring (bicyclic) bond motifs is 2. The fourth-order valence-electron chi connectivity index (χ4n) is 3.37. The van der Waals surface area contributed by atoms with Crippen LogP contribution in [0.4, 0.5) is 10.6 Å². The lowest BCUT2D eigenvalue weighted by atomic mass is 9.93. The molecular formula is C21H18N2O2. The van der Waals surface area contributed by atoms with Crippen molar-refractivity contribution in [3.05, 3.63) is 83.6 Å². The SMILES string of the molecule is O=C(O)N1Cc2cc(-c3ccccc3)ccc2CCc2cccnc21. The predicted octanol–water partition coefficient (Wildman–Crippen LogP) is 4.53. The smallest absolute Gasteiger partial charge is 0.413 e. The fraction of sp³-hybridized carbons (Fsp3) is 0.143. The van der Waals surface area contributed by atoms with Crippen LogP contribution in [0.25, 0.3) is 11.1 Å². The molecule has 25 heavy (non-hydrogen) atoms. The number of aryl methyl sites for hydroxylation is 2. The summed E-state index contributed by atoms with van der Waals surface area (Å²) in [4.78, 5) is 17.5. The van der Waals surface area contributed by atoms with Crippen LogP contribution in [0.2, 0.25) is 0 Å². The number of nitrogens with zero attached hydrogens (tertiary/aromatic N) is 2. The van der Waals surface area contributed by atoms with Crippen molar-refractivity contribution in [3.8, 4) is 11.1 Å². The van der Waals surface area contributed by atoms with E-state index in [4.69, 9.17) is 0 Å². The average molecular weight is 330 g/mol. The highest BCUT2D eigenvalue weighted by Gasteiger charge is 2.23. The second kappa shape index (κ2) is 6.40. The summed E-state index contributed by atoms with van der Waals surface area (Å²) in [5.74, 6) is 0.547. The Morgan fingerprint density at radius 2 is 1.68 bits per heavy atom. The van der Waals surface area contributed by atoms with Gasteiger partial charge < -0.3 is 5.11 Å². The fourth-order valence-corrected chi connectivity index (χ4v) is 3.37. The second-order valence-corrected chi connectivity index (χ2v) is 6.20. The number of aromatic nitrogens is 1. The van der Waals surface area contributed by atoms with Crippen molar-refractivity contribution in [1.29, 1.82) is 0 Å². The van der Waals surface area contributed by atoms with Gasteiger partial charge in [0.2, 0.25) is 0 Å². The summed E-state index contributed by atoms with van der Waals surface area (Å²) in [6, 6.07) is 20.3. The van der Waals surface area contributed by atoms with Gasteiger partial charge in [0.05, 0.1) is 6.54 Å². The molecule has 0 unspecified atom stereocenters. The molecule has 124 valence electrons. The van der Waals surface area contributed by atoms with E-state index in [1.54, 1.807) is 6.20 Å². The molecule has 4 rings (SSSR count). The van der Waals surface area contributed by atoms with E-state index in [2.05, 4.69) is 35.3 Å². The van der Waals surface area contributed by atoms with Gasteiger partial charge in [-0.2, -0.15) is 0 Å². The molecule has 1 N–H and O–H groups in total. The summed E-state index contributed by atoms with van der Waals surface area (Å²) >= 11 is 0. The van der Waals surface area contributed by atoms with E-state index in [-0.39, 0.29) is 0 Å². The standard InChI is InChI=1S/C21H18N2O2/c24-21(25)23-14-19-13-18(15-5-2-1-3-6-15)11-9-16(19)8-10-17-7-4-12-22-20(17)23/h1-7,9,11-13H,8,10,14H2,(H,24,25). The molecular weight excluding hydrogens is 312 g/mol. The predicted molar refractivity (Wildman–Crippen MR) is 97.7 cm³/mol. The third kappa shape index (κ3) is 2.98. The largest absolute Gasteiger partial charge is 0.465 e. The molecule has 4 heteroatoms. The van der Waals surface area contributed by atoms with E-state index in [9.17, 15) is 9.90 Å². The third-order valence-electron chi connectivity index (χ3n) is 4.66. The Hall–Kier alpha value is -3.14. The van der Waals surface area contributed by atoms with Gasteiger partial charge in [-0.05, 0) is 52.8 Å². The van der Waals surface area contributed by atoms with E-state index in [1.807, 2.05) is 30.3 Å². The molecule has 2 aromatic carbocycles. The first kappa shape index (κ1) is 15.4. The lowest BCUT2D eigenvalue weighted by Gasteiger charge is -2.25. The minimum Gasteiger partial charge on any atom is -0.465 e. The zero-order valence-electron chi connectivity index (χ0n) is 13.7. The number of anilines is 1. The summed E-state index contributed by atoms with van der Waals surface area (Å²) in [6.45, 7) is 0.315. The molecule has 3 aromatic rings. The summed E-state index contributed by atoms with van der Waals surface area (Å²) in [5.41, 5.74) is 5.45. The number of hydrogen-bond donors (Lipinski definition) is 1.